The Morgan fingerprint density at radius 3 is 2.21 bits per heavy atom. The van der Waals surface area contributed by atoms with E-state index in [-0.39, 0.29) is 31.6 Å². The van der Waals surface area contributed by atoms with E-state index < -0.39 is 0 Å². The molecule has 6 rings (SSSR count). The number of ketones is 1. The molecule has 0 aliphatic heterocycles. The van der Waals surface area contributed by atoms with E-state index in [4.69, 9.17) is 9.40 Å². The molecule has 1 aliphatic carbocycles. The van der Waals surface area contributed by atoms with Gasteiger partial charge in [-0.15, -0.1) is 17.7 Å². The molecule has 1 N–H and O–H groups in total. The van der Waals surface area contributed by atoms with Crippen LogP contribution in [0.25, 0.3) is 44.0 Å². The third-order valence-corrected chi connectivity index (χ3v) is 9.23. The van der Waals surface area contributed by atoms with Crippen molar-refractivity contribution in [2.75, 3.05) is 0 Å². The van der Waals surface area contributed by atoms with Crippen LogP contribution in [-0.2, 0) is 24.9 Å². The maximum absolute atomic E-state index is 11.2. The van der Waals surface area contributed by atoms with Crippen LogP contribution in [0.2, 0.25) is 0 Å². The van der Waals surface area contributed by atoms with Crippen molar-refractivity contribution in [3.8, 4) is 11.3 Å². The van der Waals surface area contributed by atoms with Crippen molar-refractivity contribution in [3.63, 3.8) is 0 Å². The minimum absolute atomic E-state index is 0. The molecule has 1 fully saturated rings. The number of nitrogens with zero attached hydrogens (tertiary/aromatic N) is 1. The van der Waals surface area contributed by atoms with Gasteiger partial charge in [0.1, 0.15) is 5.58 Å². The molecule has 0 atom stereocenters. The Morgan fingerprint density at radius 2 is 1.56 bits per heavy atom. The first kappa shape index (κ1) is 37.5. The number of carbonyl (C=O) groups is 1. The second-order valence-electron chi connectivity index (χ2n) is 14.9. The van der Waals surface area contributed by atoms with Crippen molar-refractivity contribution in [2.45, 2.75) is 112 Å². The molecule has 3 aromatic carbocycles. The average Bonchev–Trinajstić information content (AvgIpc) is 3.68. The normalized spacial score (nSPS) is 14.0. The Balaban J connectivity index is 0.000000319. The molecule has 1 aliphatic rings. The fourth-order valence-electron chi connectivity index (χ4n) is 6.84. The predicted molar refractivity (Wildman–Crippen MR) is 197 cm³/mol. The number of para-hydroxylation sites is 1. The number of fused-ring (bicyclic) bond motifs is 4. The molecular weight excluding hydrogens is 771 g/mol. The summed E-state index contributed by atoms with van der Waals surface area (Å²) < 4.78 is 6.43. The van der Waals surface area contributed by atoms with Crippen LogP contribution in [-0.4, -0.2) is 15.9 Å². The van der Waals surface area contributed by atoms with Gasteiger partial charge in [0, 0.05) is 50.6 Å². The molecule has 1 radical (unpaired) electrons. The van der Waals surface area contributed by atoms with Crippen molar-refractivity contribution in [2.24, 2.45) is 11.8 Å². The van der Waals surface area contributed by atoms with Crippen molar-refractivity contribution >= 4 is 38.5 Å². The van der Waals surface area contributed by atoms with Gasteiger partial charge in [-0.2, -0.15) is 0 Å². The van der Waals surface area contributed by atoms with E-state index in [1.165, 1.54) is 59.2 Å². The van der Waals surface area contributed by atoms with Crippen LogP contribution < -0.4 is 0 Å². The molecule has 48 heavy (non-hydrogen) atoms. The summed E-state index contributed by atoms with van der Waals surface area (Å²) in [7, 11) is 0. The number of hydrogen-bond acceptors (Lipinski definition) is 4. The fourth-order valence-corrected chi connectivity index (χ4v) is 6.84. The van der Waals surface area contributed by atoms with Gasteiger partial charge in [0.15, 0.2) is 5.78 Å². The number of benzene rings is 3. The Bertz CT molecular complexity index is 1890. The molecule has 0 unspecified atom stereocenters. The van der Waals surface area contributed by atoms with E-state index in [9.17, 15) is 9.90 Å². The van der Waals surface area contributed by atoms with Gasteiger partial charge in [-0.3, -0.25) is 4.79 Å². The maximum Gasteiger partial charge on any atom is 0.159 e. The molecule has 1 saturated carbocycles. The number of rotatable bonds is 9. The first-order valence-corrected chi connectivity index (χ1v) is 17.7. The van der Waals surface area contributed by atoms with Gasteiger partial charge in [0.25, 0.3) is 0 Å². The van der Waals surface area contributed by atoms with Crippen molar-refractivity contribution in [1.82, 2.24) is 4.98 Å². The number of aliphatic hydroxyl groups is 1. The van der Waals surface area contributed by atoms with Crippen molar-refractivity contribution in [1.29, 1.82) is 0 Å². The Kier molecular flexibility index (Phi) is 12.8. The number of furan rings is 1. The topological polar surface area (TPSA) is 63.3 Å². The quantitative estimate of drug-likeness (QED) is 0.0914. The van der Waals surface area contributed by atoms with Crippen LogP contribution in [0.15, 0.2) is 71.0 Å². The van der Waals surface area contributed by atoms with E-state index in [1.54, 1.807) is 0 Å². The Morgan fingerprint density at radius 1 is 0.875 bits per heavy atom. The maximum atomic E-state index is 11.2. The van der Waals surface area contributed by atoms with Gasteiger partial charge in [0.05, 0.1) is 11.3 Å². The third kappa shape index (κ3) is 8.65. The molecule has 0 bridgehead atoms. The molecule has 4 nitrogen and oxygen atoms in total. The van der Waals surface area contributed by atoms with Crippen molar-refractivity contribution in [3.05, 3.63) is 89.3 Å². The minimum Gasteiger partial charge on any atom is -0.512 e. The molecule has 5 aromatic rings. The average molecular weight is 823 g/mol. The molecule has 0 amide bonds. The molecular formula is C43H52IrNO3-. The summed E-state index contributed by atoms with van der Waals surface area (Å²) >= 11 is 0. The summed E-state index contributed by atoms with van der Waals surface area (Å²) in [4.78, 5) is 16.3. The number of carbonyl (C=O) groups excluding carboxylic acids is 1. The van der Waals surface area contributed by atoms with Gasteiger partial charge < -0.3 is 14.5 Å². The summed E-state index contributed by atoms with van der Waals surface area (Å²) in [5.41, 5.74) is 7.75. The van der Waals surface area contributed by atoms with Crippen LogP contribution in [0, 0.1) is 17.9 Å². The van der Waals surface area contributed by atoms with E-state index in [0.29, 0.717) is 42.4 Å². The van der Waals surface area contributed by atoms with Crippen LogP contribution in [0.3, 0.4) is 0 Å². The van der Waals surface area contributed by atoms with E-state index in [1.807, 2.05) is 33.8 Å². The fraction of sp³-hybridized carbons (Fsp3) is 0.442. The van der Waals surface area contributed by atoms with E-state index >= 15 is 0 Å². The third-order valence-electron chi connectivity index (χ3n) is 9.23. The zero-order chi connectivity index (χ0) is 33.8. The molecule has 2 heterocycles. The van der Waals surface area contributed by atoms with E-state index in [2.05, 4.69) is 82.4 Å². The Labute approximate surface area is 300 Å². The number of allylic oxidation sites excluding steroid dienone is 2. The second-order valence-corrected chi connectivity index (χ2v) is 14.9. The molecule has 0 spiro atoms. The standard InChI is InChI=1S/C32H32NO.C11H20O2.Ir/c1-19(2)23-16-27-24-11-7-8-12-30(24)34-32(27)28(17-23)31-25-14-13-22(21-9-5-6-10-21)15-26(25)29(18-33-31)20(3)4;1-8(2)5-10(12)7-11(13)6-9(3)4;/h7-8,11-16,18-21H,5-6,9-10H2,1-4H3;7-9,12H,5-6H2,1-4H3;/q-1;;/b;10-7-;. The zero-order valence-corrected chi connectivity index (χ0v) is 32.3. The van der Waals surface area contributed by atoms with Gasteiger partial charge >= 0.3 is 0 Å². The monoisotopic (exact) mass is 823 g/mol. The zero-order valence-electron chi connectivity index (χ0n) is 29.9. The summed E-state index contributed by atoms with van der Waals surface area (Å²) in [6.45, 7) is 17.0. The minimum atomic E-state index is 0. The van der Waals surface area contributed by atoms with Crippen LogP contribution in [0.1, 0.15) is 128 Å². The van der Waals surface area contributed by atoms with Gasteiger partial charge in [0.2, 0.25) is 0 Å². The predicted octanol–water partition coefficient (Wildman–Crippen LogP) is 12.6. The summed E-state index contributed by atoms with van der Waals surface area (Å²) in [6, 6.07) is 21.4. The van der Waals surface area contributed by atoms with Gasteiger partial charge in [-0.25, -0.2) is 0 Å². The SMILES string of the molecule is CC(C)CC(=O)/C=C(\O)CC(C)C.CC(C)c1[c-]c(-c2ncc(C(C)C)c3cc(C4CCCC4)ccc23)c2oc3ccccc3c2c1.[Ir]. The van der Waals surface area contributed by atoms with Gasteiger partial charge in [-0.05, 0) is 76.1 Å². The van der Waals surface area contributed by atoms with Crippen LogP contribution >= 0.6 is 0 Å². The van der Waals surface area contributed by atoms with Crippen LogP contribution in [0.5, 0.6) is 0 Å². The molecule has 257 valence electrons. The summed E-state index contributed by atoms with van der Waals surface area (Å²) in [5.74, 6) is 2.46. The van der Waals surface area contributed by atoms with Gasteiger partial charge in [-0.1, -0.05) is 116 Å². The first-order valence-electron chi connectivity index (χ1n) is 17.7. The van der Waals surface area contributed by atoms with Crippen LogP contribution in [0.4, 0.5) is 0 Å². The Hall–Kier alpha value is -3.27. The molecule has 2 aromatic heterocycles. The largest absolute Gasteiger partial charge is 0.512 e. The van der Waals surface area contributed by atoms with E-state index in [0.717, 1.165) is 33.2 Å². The number of hydrogen-bond donors (Lipinski definition) is 1. The summed E-state index contributed by atoms with van der Waals surface area (Å²) in [6.07, 6.45) is 9.87. The number of aliphatic hydroxyl groups excluding tert-OH is 1. The first-order chi connectivity index (χ1) is 22.4. The molecule has 5 heteroatoms. The molecule has 0 saturated heterocycles. The number of pyridine rings is 1. The second kappa shape index (κ2) is 16.4. The summed E-state index contributed by atoms with van der Waals surface area (Å²) in [5, 5.41) is 14.2. The van der Waals surface area contributed by atoms with Crippen molar-refractivity contribution < 1.29 is 34.4 Å². The number of aromatic nitrogens is 1. The smallest absolute Gasteiger partial charge is 0.159 e.